The molecule has 0 unspecified atom stereocenters. The molecule has 0 aliphatic heterocycles. The van der Waals surface area contributed by atoms with Gasteiger partial charge in [0.25, 0.3) is 0 Å². The molecule has 0 atom stereocenters. The molecule has 3 nitrogen and oxygen atoms in total. The quantitative estimate of drug-likeness (QED) is 0.477. The molecule has 4 heteroatoms. The highest BCUT2D eigenvalue weighted by Gasteiger charge is 2.00. The third kappa shape index (κ3) is 2.27. The second-order valence-corrected chi connectivity index (χ2v) is 3.82. The maximum atomic E-state index is 5.62. The first-order chi connectivity index (χ1) is 7.29. The van der Waals surface area contributed by atoms with Crippen LogP contribution in [0.1, 0.15) is 0 Å². The highest BCUT2D eigenvalue weighted by molar-refractivity contribution is 7.98. The summed E-state index contributed by atoms with van der Waals surface area (Å²) in [5.74, 6) is 0. The molecule has 0 saturated heterocycles. The monoisotopic (exact) mass is 217 g/mol. The number of hydrogen-bond donors (Lipinski definition) is 1. The molecule has 2 aromatic rings. The van der Waals surface area contributed by atoms with E-state index in [1.165, 1.54) is 11.8 Å². The number of aromatic nitrogens is 2. The first-order valence-electron chi connectivity index (χ1n) is 4.52. The summed E-state index contributed by atoms with van der Waals surface area (Å²) in [7, 11) is 0. The van der Waals surface area contributed by atoms with E-state index in [0.717, 1.165) is 22.1 Å². The maximum Gasteiger partial charge on any atom is 0.187 e. The molecule has 0 amide bonds. The van der Waals surface area contributed by atoms with Crippen molar-refractivity contribution in [2.45, 2.75) is 5.16 Å². The Kier molecular flexibility index (Phi) is 2.87. The number of nitrogens with two attached hydrogens (primary N) is 1. The van der Waals surface area contributed by atoms with E-state index in [1.54, 1.807) is 6.20 Å². The fourth-order valence-electron chi connectivity index (χ4n) is 1.25. The van der Waals surface area contributed by atoms with E-state index in [2.05, 4.69) is 9.97 Å². The van der Waals surface area contributed by atoms with Crippen LogP contribution >= 0.6 is 11.8 Å². The lowest BCUT2D eigenvalue weighted by atomic mass is 10.1. The van der Waals surface area contributed by atoms with Crippen molar-refractivity contribution in [2.24, 2.45) is 0 Å². The highest BCUT2D eigenvalue weighted by atomic mass is 32.2. The molecule has 1 aromatic carbocycles. The average Bonchev–Trinajstić information content (AvgIpc) is 2.30. The van der Waals surface area contributed by atoms with Gasteiger partial charge in [0.2, 0.25) is 0 Å². The SMILES string of the molecule is CSc1nccc(-c2ccc(N)cc2)n1. The van der Waals surface area contributed by atoms with E-state index in [-0.39, 0.29) is 0 Å². The fourth-order valence-corrected chi connectivity index (χ4v) is 1.61. The second kappa shape index (κ2) is 4.31. The summed E-state index contributed by atoms with van der Waals surface area (Å²) >= 11 is 1.53. The van der Waals surface area contributed by atoms with Crippen LogP contribution in [0.5, 0.6) is 0 Å². The Balaban J connectivity index is 2.40. The van der Waals surface area contributed by atoms with Crippen LogP contribution < -0.4 is 5.73 Å². The number of anilines is 1. The minimum atomic E-state index is 0.762. The topological polar surface area (TPSA) is 51.8 Å². The third-order valence-electron chi connectivity index (χ3n) is 2.02. The number of nitrogens with zero attached hydrogens (tertiary/aromatic N) is 2. The van der Waals surface area contributed by atoms with Gasteiger partial charge in [0.05, 0.1) is 5.69 Å². The average molecular weight is 217 g/mol. The van der Waals surface area contributed by atoms with Gasteiger partial charge in [-0.3, -0.25) is 0 Å². The van der Waals surface area contributed by atoms with Crippen molar-refractivity contribution in [3.8, 4) is 11.3 Å². The van der Waals surface area contributed by atoms with Crippen molar-refractivity contribution in [2.75, 3.05) is 12.0 Å². The van der Waals surface area contributed by atoms with E-state index in [0.29, 0.717) is 0 Å². The molecular formula is C11H11N3S. The fraction of sp³-hybridized carbons (Fsp3) is 0.0909. The highest BCUT2D eigenvalue weighted by Crippen LogP contribution is 2.19. The molecule has 0 fully saturated rings. The summed E-state index contributed by atoms with van der Waals surface area (Å²) in [4.78, 5) is 8.53. The van der Waals surface area contributed by atoms with Crippen molar-refractivity contribution in [1.82, 2.24) is 9.97 Å². The summed E-state index contributed by atoms with van der Waals surface area (Å²) in [5.41, 5.74) is 8.37. The predicted octanol–water partition coefficient (Wildman–Crippen LogP) is 2.45. The Hall–Kier alpha value is -1.55. The first-order valence-corrected chi connectivity index (χ1v) is 5.75. The Morgan fingerprint density at radius 3 is 2.53 bits per heavy atom. The number of hydrogen-bond acceptors (Lipinski definition) is 4. The van der Waals surface area contributed by atoms with Crippen LogP contribution in [0.25, 0.3) is 11.3 Å². The number of benzene rings is 1. The van der Waals surface area contributed by atoms with Gasteiger partial charge in [-0.1, -0.05) is 23.9 Å². The Morgan fingerprint density at radius 1 is 1.13 bits per heavy atom. The lowest BCUT2D eigenvalue weighted by Gasteiger charge is -2.02. The molecule has 0 saturated carbocycles. The number of rotatable bonds is 2. The lowest BCUT2D eigenvalue weighted by Crippen LogP contribution is -1.89. The number of thioether (sulfide) groups is 1. The van der Waals surface area contributed by atoms with Crippen molar-refractivity contribution in [1.29, 1.82) is 0 Å². The summed E-state index contributed by atoms with van der Waals surface area (Å²) in [6, 6.07) is 9.56. The molecule has 2 rings (SSSR count). The molecule has 15 heavy (non-hydrogen) atoms. The minimum Gasteiger partial charge on any atom is -0.399 e. The standard InChI is InChI=1S/C11H11N3S/c1-15-11-13-7-6-10(14-11)8-2-4-9(12)5-3-8/h2-7H,12H2,1H3. The molecule has 0 bridgehead atoms. The van der Waals surface area contributed by atoms with Gasteiger partial charge >= 0.3 is 0 Å². The van der Waals surface area contributed by atoms with Crippen molar-refractivity contribution in [3.63, 3.8) is 0 Å². The van der Waals surface area contributed by atoms with Crippen LogP contribution in [0.3, 0.4) is 0 Å². The van der Waals surface area contributed by atoms with Crippen molar-refractivity contribution >= 4 is 17.4 Å². The predicted molar refractivity (Wildman–Crippen MR) is 63.7 cm³/mol. The minimum absolute atomic E-state index is 0.762. The molecule has 0 aliphatic rings. The van der Waals surface area contributed by atoms with Gasteiger partial charge in [0.1, 0.15) is 0 Å². The van der Waals surface area contributed by atoms with Gasteiger partial charge in [-0.05, 0) is 24.5 Å². The van der Waals surface area contributed by atoms with E-state index in [9.17, 15) is 0 Å². The van der Waals surface area contributed by atoms with Crippen LogP contribution in [0.15, 0.2) is 41.7 Å². The molecule has 0 spiro atoms. The zero-order valence-corrected chi connectivity index (χ0v) is 9.16. The van der Waals surface area contributed by atoms with Crippen molar-refractivity contribution < 1.29 is 0 Å². The third-order valence-corrected chi connectivity index (χ3v) is 2.58. The zero-order valence-electron chi connectivity index (χ0n) is 8.34. The largest absolute Gasteiger partial charge is 0.399 e. The van der Waals surface area contributed by atoms with E-state index < -0.39 is 0 Å². The molecule has 76 valence electrons. The van der Waals surface area contributed by atoms with Gasteiger partial charge in [-0.2, -0.15) is 0 Å². The zero-order chi connectivity index (χ0) is 10.7. The summed E-state index contributed by atoms with van der Waals surface area (Å²) in [5, 5.41) is 0.782. The summed E-state index contributed by atoms with van der Waals surface area (Å²) < 4.78 is 0. The van der Waals surface area contributed by atoms with E-state index in [1.807, 2.05) is 36.6 Å². The second-order valence-electron chi connectivity index (χ2n) is 3.05. The van der Waals surface area contributed by atoms with Gasteiger partial charge in [0, 0.05) is 17.4 Å². The van der Waals surface area contributed by atoms with Gasteiger partial charge < -0.3 is 5.73 Å². The number of nitrogen functional groups attached to an aromatic ring is 1. The van der Waals surface area contributed by atoms with Crippen molar-refractivity contribution in [3.05, 3.63) is 36.5 Å². The Bertz CT molecular complexity index is 454. The maximum absolute atomic E-state index is 5.62. The summed E-state index contributed by atoms with van der Waals surface area (Å²) in [6.45, 7) is 0. The van der Waals surface area contributed by atoms with E-state index >= 15 is 0 Å². The molecular weight excluding hydrogens is 206 g/mol. The molecule has 2 N–H and O–H groups in total. The molecule has 0 aliphatic carbocycles. The van der Waals surface area contributed by atoms with Gasteiger partial charge in [-0.25, -0.2) is 9.97 Å². The summed E-state index contributed by atoms with van der Waals surface area (Å²) in [6.07, 6.45) is 3.73. The van der Waals surface area contributed by atoms with Crippen LogP contribution in [0.4, 0.5) is 5.69 Å². The van der Waals surface area contributed by atoms with Crippen LogP contribution in [0.2, 0.25) is 0 Å². The Labute approximate surface area is 92.8 Å². The Morgan fingerprint density at radius 2 is 1.87 bits per heavy atom. The van der Waals surface area contributed by atoms with Crippen LogP contribution in [-0.4, -0.2) is 16.2 Å². The van der Waals surface area contributed by atoms with Crippen LogP contribution in [-0.2, 0) is 0 Å². The lowest BCUT2D eigenvalue weighted by molar-refractivity contribution is 0.976. The van der Waals surface area contributed by atoms with Gasteiger partial charge in [0.15, 0.2) is 5.16 Å². The first kappa shape index (κ1) is 9.98. The molecule has 1 aromatic heterocycles. The smallest absolute Gasteiger partial charge is 0.187 e. The van der Waals surface area contributed by atoms with Crippen LogP contribution in [0, 0.1) is 0 Å². The molecule has 1 heterocycles. The van der Waals surface area contributed by atoms with Gasteiger partial charge in [-0.15, -0.1) is 0 Å². The van der Waals surface area contributed by atoms with E-state index in [4.69, 9.17) is 5.73 Å². The molecule has 0 radical (unpaired) electrons. The normalized spacial score (nSPS) is 10.2.